The van der Waals surface area contributed by atoms with Crippen LogP contribution in [0, 0.1) is 5.82 Å². The number of rotatable bonds is 4. The van der Waals surface area contributed by atoms with Crippen molar-refractivity contribution in [2.24, 2.45) is 0 Å². The van der Waals surface area contributed by atoms with Crippen molar-refractivity contribution < 1.29 is 14.2 Å². The van der Waals surface area contributed by atoms with E-state index in [1.54, 1.807) is 19.1 Å². The molecule has 0 saturated heterocycles. The van der Waals surface area contributed by atoms with Crippen LogP contribution in [0.5, 0.6) is 5.75 Å². The number of hydrogen-bond donors (Lipinski definition) is 1. The van der Waals surface area contributed by atoms with E-state index in [4.69, 9.17) is 9.84 Å². The Balaban J connectivity index is 2.14. The number of benzene rings is 2. The number of hydrogen-bond acceptors (Lipinski definition) is 2. The molecular weight excluding hydrogens is 231 g/mol. The van der Waals surface area contributed by atoms with Gasteiger partial charge in [0.25, 0.3) is 0 Å². The molecule has 2 rings (SSSR count). The minimum atomic E-state index is -0.240. The Morgan fingerprint density at radius 1 is 1.00 bits per heavy atom. The second kappa shape index (κ2) is 5.65. The van der Waals surface area contributed by atoms with Crippen LogP contribution < -0.4 is 4.74 Å². The lowest BCUT2D eigenvalue weighted by Gasteiger charge is -2.12. The molecule has 0 saturated carbocycles. The van der Waals surface area contributed by atoms with Crippen LogP contribution >= 0.6 is 0 Å². The van der Waals surface area contributed by atoms with E-state index in [-0.39, 0.29) is 18.5 Å². The Kier molecular flexibility index (Phi) is 3.95. The number of halogens is 1. The van der Waals surface area contributed by atoms with E-state index in [1.165, 1.54) is 12.1 Å². The molecule has 0 radical (unpaired) electrons. The van der Waals surface area contributed by atoms with Crippen LogP contribution in [0.15, 0.2) is 48.5 Å². The molecule has 0 aliphatic carbocycles. The summed E-state index contributed by atoms with van der Waals surface area (Å²) in [5, 5.41) is 8.89. The predicted octanol–water partition coefficient (Wildman–Crippen LogP) is 3.25. The first-order valence-corrected chi connectivity index (χ1v) is 5.82. The zero-order valence-electron chi connectivity index (χ0n) is 10.1. The molecule has 1 N–H and O–H groups in total. The fraction of sp³-hybridized carbons (Fsp3) is 0.200. The van der Waals surface area contributed by atoms with Gasteiger partial charge in [0.2, 0.25) is 0 Å². The Hall–Kier alpha value is -1.87. The molecule has 1 unspecified atom stereocenters. The van der Waals surface area contributed by atoms with Crippen molar-refractivity contribution in [3.63, 3.8) is 0 Å². The van der Waals surface area contributed by atoms with Gasteiger partial charge in [0.15, 0.2) is 0 Å². The van der Waals surface area contributed by atoms with Crippen LogP contribution in [0.1, 0.15) is 6.92 Å². The molecule has 0 spiro atoms. The molecule has 0 fully saturated rings. The highest BCUT2D eigenvalue weighted by Gasteiger charge is 2.03. The van der Waals surface area contributed by atoms with Gasteiger partial charge in [-0.1, -0.05) is 24.3 Å². The summed E-state index contributed by atoms with van der Waals surface area (Å²) in [5.41, 5.74) is 1.96. The zero-order valence-corrected chi connectivity index (χ0v) is 10.1. The second-order valence-corrected chi connectivity index (χ2v) is 4.14. The maximum Gasteiger partial charge on any atom is 0.123 e. The minimum absolute atomic E-state index is 0.0142. The highest BCUT2D eigenvalue weighted by Crippen LogP contribution is 2.23. The van der Waals surface area contributed by atoms with Crippen molar-refractivity contribution in [3.8, 4) is 16.9 Å². The van der Waals surface area contributed by atoms with Gasteiger partial charge in [0, 0.05) is 0 Å². The molecule has 0 aliphatic heterocycles. The second-order valence-electron chi connectivity index (χ2n) is 4.14. The largest absolute Gasteiger partial charge is 0.488 e. The first-order chi connectivity index (χ1) is 8.69. The molecule has 0 amide bonds. The van der Waals surface area contributed by atoms with Gasteiger partial charge in [-0.05, 0) is 42.3 Å². The number of aliphatic hydroxyl groups is 1. The molecule has 0 bridgehead atoms. The van der Waals surface area contributed by atoms with Crippen LogP contribution in [0.3, 0.4) is 0 Å². The Labute approximate surface area is 106 Å². The predicted molar refractivity (Wildman–Crippen MR) is 69.0 cm³/mol. The monoisotopic (exact) mass is 246 g/mol. The van der Waals surface area contributed by atoms with Gasteiger partial charge in [0.1, 0.15) is 17.7 Å². The van der Waals surface area contributed by atoms with Gasteiger partial charge in [-0.15, -0.1) is 0 Å². The quantitative estimate of drug-likeness (QED) is 0.897. The number of ether oxygens (including phenoxy) is 1. The van der Waals surface area contributed by atoms with Gasteiger partial charge in [-0.3, -0.25) is 0 Å². The highest BCUT2D eigenvalue weighted by molar-refractivity contribution is 5.63. The highest BCUT2D eigenvalue weighted by atomic mass is 19.1. The lowest BCUT2D eigenvalue weighted by Crippen LogP contribution is -2.15. The fourth-order valence-electron chi connectivity index (χ4n) is 1.64. The third-order valence-corrected chi connectivity index (χ3v) is 2.63. The third kappa shape index (κ3) is 3.08. The molecule has 18 heavy (non-hydrogen) atoms. The lowest BCUT2D eigenvalue weighted by molar-refractivity contribution is 0.130. The Morgan fingerprint density at radius 2 is 1.50 bits per heavy atom. The summed E-state index contributed by atoms with van der Waals surface area (Å²) in [6, 6.07) is 13.8. The summed E-state index contributed by atoms with van der Waals surface area (Å²) < 4.78 is 18.3. The van der Waals surface area contributed by atoms with Crippen molar-refractivity contribution >= 4 is 0 Å². The van der Waals surface area contributed by atoms with E-state index in [2.05, 4.69) is 0 Å². The van der Waals surface area contributed by atoms with Crippen molar-refractivity contribution in [3.05, 3.63) is 54.3 Å². The van der Waals surface area contributed by atoms with E-state index < -0.39 is 0 Å². The molecule has 94 valence electrons. The van der Waals surface area contributed by atoms with Crippen LogP contribution in [0.2, 0.25) is 0 Å². The van der Waals surface area contributed by atoms with E-state index in [0.29, 0.717) is 5.75 Å². The van der Waals surface area contributed by atoms with E-state index >= 15 is 0 Å². The smallest absolute Gasteiger partial charge is 0.123 e. The van der Waals surface area contributed by atoms with Gasteiger partial charge >= 0.3 is 0 Å². The molecule has 1 atom stereocenters. The summed E-state index contributed by atoms with van der Waals surface area (Å²) >= 11 is 0. The molecule has 2 nitrogen and oxygen atoms in total. The van der Waals surface area contributed by atoms with Gasteiger partial charge in [0.05, 0.1) is 6.61 Å². The van der Waals surface area contributed by atoms with Crippen LogP contribution in [0.25, 0.3) is 11.1 Å². The zero-order chi connectivity index (χ0) is 13.0. The summed E-state index contributed by atoms with van der Waals surface area (Å²) in [7, 11) is 0. The SMILES string of the molecule is CC(CO)Oc1ccc(-c2ccc(F)cc2)cc1. The van der Waals surface area contributed by atoms with Gasteiger partial charge in [-0.2, -0.15) is 0 Å². The number of aliphatic hydroxyl groups excluding tert-OH is 1. The lowest BCUT2D eigenvalue weighted by atomic mass is 10.1. The molecule has 0 heterocycles. The van der Waals surface area contributed by atoms with Gasteiger partial charge < -0.3 is 9.84 Å². The molecule has 2 aromatic rings. The maximum absolute atomic E-state index is 12.8. The van der Waals surface area contributed by atoms with Crippen molar-refractivity contribution in [1.29, 1.82) is 0 Å². The van der Waals surface area contributed by atoms with Crippen molar-refractivity contribution in [1.82, 2.24) is 0 Å². The summed E-state index contributed by atoms with van der Waals surface area (Å²) in [4.78, 5) is 0. The first-order valence-electron chi connectivity index (χ1n) is 5.82. The minimum Gasteiger partial charge on any atom is -0.488 e. The molecule has 2 aromatic carbocycles. The summed E-state index contributed by atoms with van der Waals surface area (Å²) in [6.45, 7) is 1.79. The van der Waals surface area contributed by atoms with Crippen molar-refractivity contribution in [2.45, 2.75) is 13.0 Å². The molecular formula is C15H15FO2. The normalized spacial score (nSPS) is 12.2. The fourth-order valence-corrected chi connectivity index (χ4v) is 1.64. The Bertz CT molecular complexity index is 491. The Morgan fingerprint density at radius 3 is 2.00 bits per heavy atom. The van der Waals surface area contributed by atoms with Crippen LogP contribution in [-0.4, -0.2) is 17.8 Å². The summed E-state index contributed by atoms with van der Waals surface area (Å²) in [6.07, 6.45) is -0.221. The molecule has 0 aliphatic rings. The van der Waals surface area contributed by atoms with Crippen LogP contribution in [0.4, 0.5) is 4.39 Å². The van der Waals surface area contributed by atoms with E-state index in [0.717, 1.165) is 11.1 Å². The average Bonchev–Trinajstić information content (AvgIpc) is 2.40. The molecule has 0 aromatic heterocycles. The third-order valence-electron chi connectivity index (χ3n) is 2.63. The standard InChI is InChI=1S/C15H15FO2/c1-11(10-17)18-15-8-4-13(5-9-15)12-2-6-14(16)7-3-12/h2-9,11,17H,10H2,1H3. The topological polar surface area (TPSA) is 29.5 Å². The van der Waals surface area contributed by atoms with E-state index in [9.17, 15) is 4.39 Å². The van der Waals surface area contributed by atoms with Gasteiger partial charge in [-0.25, -0.2) is 4.39 Å². The molecule has 3 heteroatoms. The van der Waals surface area contributed by atoms with Crippen LogP contribution in [-0.2, 0) is 0 Å². The first kappa shape index (κ1) is 12.6. The summed E-state index contributed by atoms with van der Waals surface area (Å²) in [5.74, 6) is 0.470. The van der Waals surface area contributed by atoms with Crippen molar-refractivity contribution in [2.75, 3.05) is 6.61 Å². The maximum atomic E-state index is 12.8. The van der Waals surface area contributed by atoms with E-state index in [1.807, 2.05) is 24.3 Å². The average molecular weight is 246 g/mol.